The third-order valence-electron chi connectivity index (χ3n) is 0.993. The standard InChI is InChI=1S/C7H7IS2/c1-9-10-7-4-2-6(8)3-5-7/h2-5H,1H3. The van der Waals surface area contributed by atoms with E-state index in [1.54, 1.807) is 21.6 Å². The zero-order valence-electron chi connectivity index (χ0n) is 5.50. The molecule has 1 aromatic carbocycles. The molecule has 0 atom stereocenters. The van der Waals surface area contributed by atoms with Crippen molar-refractivity contribution in [3.63, 3.8) is 0 Å². The van der Waals surface area contributed by atoms with E-state index in [9.17, 15) is 0 Å². The van der Waals surface area contributed by atoms with Crippen molar-refractivity contribution in [1.29, 1.82) is 0 Å². The predicted molar refractivity (Wildman–Crippen MR) is 58.5 cm³/mol. The highest BCUT2D eigenvalue weighted by atomic mass is 127. The second-order valence-corrected chi connectivity index (χ2v) is 5.42. The van der Waals surface area contributed by atoms with Crippen LogP contribution in [0.1, 0.15) is 0 Å². The summed E-state index contributed by atoms with van der Waals surface area (Å²) in [4.78, 5) is 1.33. The van der Waals surface area contributed by atoms with Crippen LogP contribution in [0.5, 0.6) is 0 Å². The average Bonchev–Trinajstić information content (AvgIpc) is 1.95. The SMILES string of the molecule is CSSc1ccc(I)cc1. The molecule has 0 bridgehead atoms. The van der Waals surface area contributed by atoms with Crippen LogP contribution in [0.2, 0.25) is 0 Å². The molecule has 0 amide bonds. The van der Waals surface area contributed by atoms with Crippen molar-refractivity contribution in [3.05, 3.63) is 27.8 Å². The maximum Gasteiger partial charge on any atom is 0.0183 e. The van der Waals surface area contributed by atoms with Gasteiger partial charge in [0.2, 0.25) is 0 Å². The molecule has 0 saturated heterocycles. The van der Waals surface area contributed by atoms with E-state index < -0.39 is 0 Å². The zero-order chi connectivity index (χ0) is 7.40. The van der Waals surface area contributed by atoms with Gasteiger partial charge in [0.15, 0.2) is 0 Å². The molecular weight excluding hydrogens is 275 g/mol. The topological polar surface area (TPSA) is 0 Å². The molecule has 0 aliphatic heterocycles. The highest BCUT2D eigenvalue weighted by Gasteiger charge is 1.90. The zero-order valence-corrected chi connectivity index (χ0v) is 9.29. The number of halogens is 1. The van der Waals surface area contributed by atoms with Gasteiger partial charge in [-0.3, -0.25) is 0 Å². The molecule has 0 aromatic heterocycles. The van der Waals surface area contributed by atoms with Gasteiger partial charge in [-0.05, 0) is 53.1 Å². The van der Waals surface area contributed by atoms with Crippen molar-refractivity contribution in [2.75, 3.05) is 6.26 Å². The fourth-order valence-electron chi connectivity index (χ4n) is 0.586. The minimum absolute atomic E-state index is 1.29. The van der Waals surface area contributed by atoms with Crippen LogP contribution >= 0.6 is 44.2 Å². The maximum absolute atomic E-state index is 2.31. The summed E-state index contributed by atoms with van der Waals surface area (Å²) in [6.07, 6.45) is 2.09. The molecular formula is C7H7IS2. The summed E-state index contributed by atoms with van der Waals surface area (Å²) in [5, 5.41) is 0. The van der Waals surface area contributed by atoms with Gasteiger partial charge in [0.05, 0.1) is 0 Å². The van der Waals surface area contributed by atoms with Gasteiger partial charge in [0.1, 0.15) is 0 Å². The molecule has 0 aliphatic carbocycles. The lowest BCUT2D eigenvalue weighted by molar-refractivity contribution is 1.45. The van der Waals surface area contributed by atoms with Gasteiger partial charge < -0.3 is 0 Å². The summed E-state index contributed by atoms with van der Waals surface area (Å²) < 4.78 is 1.29. The number of hydrogen-bond donors (Lipinski definition) is 0. The third-order valence-corrected chi connectivity index (χ3v) is 3.42. The lowest BCUT2D eigenvalue weighted by atomic mass is 10.4. The molecule has 0 aliphatic rings. The lowest BCUT2D eigenvalue weighted by Gasteiger charge is -1.95. The Morgan fingerprint density at radius 1 is 1.20 bits per heavy atom. The van der Waals surface area contributed by atoms with Gasteiger partial charge in [-0.15, -0.1) is 0 Å². The van der Waals surface area contributed by atoms with Crippen molar-refractivity contribution in [3.8, 4) is 0 Å². The molecule has 0 saturated carbocycles. The molecule has 1 rings (SSSR count). The Labute approximate surface area is 82.7 Å². The van der Waals surface area contributed by atoms with Crippen LogP contribution in [0.15, 0.2) is 29.2 Å². The first kappa shape index (κ1) is 8.74. The Bertz CT molecular complexity index is 195. The minimum Gasteiger partial charge on any atom is -0.0924 e. The molecule has 0 radical (unpaired) electrons. The van der Waals surface area contributed by atoms with E-state index in [4.69, 9.17) is 0 Å². The number of hydrogen-bond acceptors (Lipinski definition) is 2. The van der Waals surface area contributed by atoms with Gasteiger partial charge in [0.25, 0.3) is 0 Å². The Balaban J connectivity index is 2.69. The van der Waals surface area contributed by atoms with Crippen LogP contribution < -0.4 is 0 Å². The van der Waals surface area contributed by atoms with E-state index in [0.717, 1.165) is 0 Å². The first-order chi connectivity index (χ1) is 4.83. The first-order valence-electron chi connectivity index (χ1n) is 2.79. The van der Waals surface area contributed by atoms with Crippen molar-refractivity contribution >= 4 is 44.2 Å². The predicted octanol–water partition coefficient (Wildman–Crippen LogP) is 3.66. The monoisotopic (exact) mass is 282 g/mol. The quantitative estimate of drug-likeness (QED) is 0.599. The first-order valence-corrected chi connectivity index (χ1v) is 6.43. The van der Waals surface area contributed by atoms with E-state index >= 15 is 0 Å². The summed E-state index contributed by atoms with van der Waals surface area (Å²) in [5.41, 5.74) is 0. The van der Waals surface area contributed by atoms with Crippen LogP contribution in [-0.4, -0.2) is 6.26 Å². The van der Waals surface area contributed by atoms with E-state index in [1.165, 1.54) is 8.47 Å². The molecule has 0 nitrogen and oxygen atoms in total. The van der Waals surface area contributed by atoms with Crippen LogP contribution in [0.4, 0.5) is 0 Å². The van der Waals surface area contributed by atoms with E-state index in [0.29, 0.717) is 0 Å². The molecule has 0 unspecified atom stereocenters. The van der Waals surface area contributed by atoms with Gasteiger partial charge >= 0.3 is 0 Å². The van der Waals surface area contributed by atoms with Crippen molar-refractivity contribution in [2.24, 2.45) is 0 Å². The summed E-state index contributed by atoms with van der Waals surface area (Å²) in [6.45, 7) is 0. The van der Waals surface area contributed by atoms with Crippen molar-refractivity contribution in [1.82, 2.24) is 0 Å². The van der Waals surface area contributed by atoms with Crippen molar-refractivity contribution < 1.29 is 0 Å². The lowest BCUT2D eigenvalue weighted by Crippen LogP contribution is -1.68. The molecule has 10 heavy (non-hydrogen) atoms. The molecule has 1 aromatic rings. The molecule has 0 heterocycles. The Morgan fingerprint density at radius 3 is 2.30 bits per heavy atom. The molecule has 54 valence electrons. The van der Waals surface area contributed by atoms with Gasteiger partial charge in [0, 0.05) is 8.47 Å². The number of rotatable bonds is 2. The van der Waals surface area contributed by atoms with Gasteiger partial charge in [-0.2, -0.15) is 0 Å². The molecule has 0 spiro atoms. The summed E-state index contributed by atoms with van der Waals surface area (Å²) in [6, 6.07) is 8.53. The average molecular weight is 282 g/mol. The smallest absolute Gasteiger partial charge is 0.0183 e. The second kappa shape index (κ2) is 4.51. The number of benzene rings is 1. The molecule has 3 heteroatoms. The van der Waals surface area contributed by atoms with Gasteiger partial charge in [-0.25, -0.2) is 0 Å². The van der Waals surface area contributed by atoms with Crippen LogP contribution in [0.25, 0.3) is 0 Å². The Hall–Kier alpha value is 0.650. The second-order valence-electron chi connectivity index (χ2n) is 1.70. The van der Waals surface area contributed by atoms with E-state index in [1.807, 2.05) is 0 Å². The normalized spacial score (nSPS) is 9.80. The third kappa shape index (κ3) is 2.72. The summed E-state index contributed by atoms with van der Waals surface area (Å²) >= 11 is 2.31. The van der Waals surface area contributed by atoms with E-state index in [2.05, 4.69) is 53.1 Å². The Morgan fingerprint density at radius 2 is 1.80 bits per heavy atom. The maximum atomic E-state index is 2.31. The van der Waals surface area contributed by atoms with Crippen LogP contribution in [0.3, 0.4) is 0 Å². The molecule has 0 fully saturated rings. The summed E-state index contributed by atoms with van der Waals surface area (Å²) in [7, 11) is 3.57. The van der Waals surface area contributed by atoms with Gasteiger partial charge in [-0.1, -0.05) is 21.6 Å². The fourth-order valence-corrected chi connectivity index (χ4v) is 2.30. The fraction of sp³-hybridized carbons (Fsp3) is 0.143. The highest BCUT2D eigenvalue weighted by molar-refractivity contribution is 14.1. The van der Waals surface area contributed by atoms with Crippen LogP contribution in [0, 0.1) is 3.57 Å². The Kier molecular flexibility index (Phi) is 3.95. The van der Waals surface area contributed by atoms with E-state index in [-0.39, 0.29) is 0 Å². The van der Waals surface area contributed by atoms with Crippen molar-refractivity contribution in [2.45, 2.75) is 4.90 Å². The minimum atomic E-state index is 1.29. The largest absolute Gasteiger partial charge is 0.0924 e. The summed E-state index contributed by atoms with van der Waals surface area (Å²) in [5.74, 6) is 0. The van der Waals surface area contributed by atoms with Crippen LogP contribution in [-0.2, 0) is 0 Å². The highest BCUT2D eigenvalue weighted by Crippen LogP contribution is 2.28. The molecule has 0 N–H and O–H groups in total.